The maximum Gasteiger partial charge on any atom is 0.242 e. The standard InChI is InChI=1S/C21H35N5O2.HI/c1-5-22-21(25(4)16-20(27)26(6-2)7-3)24-15-17-12-13-19(23-14-17)28-18-10-8-9-11-18;/h12-14,18H,5-11,15-16H2,1-4H3,(H,22,24);1H. The number of guanidine groups is 1. The SMILES string of the molecule is CCNC(=NCc1ccc(OC2CCCC2)nc1)N(C)CC(=O)N(CC)CC.I. The third-order valence-corrected chi connectivity index (χ3v) is 4.98. The van der Waals surface area contributed by atoms with Crippen molar-refractivity contribution in [3.05, 3.63) is 23.9 Å². The number of hydrogen-bond acceptors (Lipinski definition) is 4. The van der Waals surface area contributed by atoms with Gasteiger partial charge in [0, 0.05) is 38.9 Å². The number of aromatic nitrogens is 1. The fraction of sp³-hybridized carbons (Fsp3) is 0.667. The zero-order valence-corrected chi connectivity index (χ0v) is 20.5. The molecule has 0 atom stereocenters. The fourth-order valence-corrected chi connectivity index (χ4v) is 3.34. The second-order valence-corrected chi connectivity index (χ2v) is 7.12. The van der Waals surface area contributed by atoms with E-state index in [1.165, 1.54) is 12.8 Å². The first-order valence-corrected chi connectivity index (χ1v) is 10.5. The molecule has 1 fully saturated rings. The smallest absolute Gasteiger partial charge is 0.242 e. The Bertz CT molecular complexity index is 628. The van der Waals surface area contributed by atoms with E-state index in [1.807, 2.05) is 55.9 Å². The number of hydrogen-bond donors (Lipinski definition) is 1. The highest BCUT2D eigenvalue weighted by Gasteiger charge is 2.17. The lowest BCUT2D eigenvalue weighted by molar-refractivity contribution is -0.131. The summed E-state index contributed by atoms with van der Waals surface area (Å²) in [7, 11) is 1.89. The third-order valence-electron chi connectivity index (χ3n) is 4.98. The normalized spacial score (nSPS) is 14.3. The second kappa shape index (κ2) is 13.6. The van der Waals surface area contributed by atoms with Gasteiger partial charge in [0.1, 0.15) is 6.10 Å². The number of carbonyl (C=O) groups excluding carboxylic acids is 1. The van der Waals surface area contributed by atoms with Crippen molar-refractivity contribution in [2.24, 2.45) is 4.99 Å². The molecular formula is C21H36IN5O2. The number of nitrogens with zero attached hydrogens (tertiary/aromatic N) is 4. The zero-order chi connectivity index (χ0) is 20.4. The highest BCUT2D eigenvalue weighted by molar-refractivity contribution is 14.0. The molecule has 0 radical (unpaired) electrons. The summed E-state index contributed by atoms with van der Waals surface area (Å²) in [6, 6.07) is 3.93. The summed E-state index contributed by atoms with van der Waals surface area (Å²) in [5, 5.41) is 3.25. The van der Waals surface area contributed by atoms with Crippen molar-refractivity contribution < 1.29 is 9.53 Å². The summed E-state index contributed by atoms with van der Waals surface area (Å²) in [5.74, 6) is 1.51. The van der Waals surface area contributed by atoms with Gasteiger partial charge in [-0.2, -0.15) is 0 Å². The van der Waals surface area contributed by atoms with Crippen molar-refractivity contribution in [3.8, 4) is 5.88 Å². The van der Waals surface area contributed by atoms with E-state index in [4.69, 9.17) is 4.74 Å². The van der Waals surface area contributed by atoms with Crippen LogP contribution in [0, 0.1) is 0 Å². The number of pyridine rings is 1. The number of nitrogens with one attached hydrogen (secondary N) is 1. The summed E-state index contributed by atoms with van der Waals surface area (Å²) in [6.45, 7) is 9.00. The molecule has 1 amide bonds. The Morgan fingerprint density at radius 3 is 2.48 bits per heavy atom. The van der Waals surface area contributed by atoms with Crippen molar-refractivity contribution >= 4 is 35.8 Å². The predicted molar refractivity (Wildman–Crippen MR) is 128 cm³/mol. The van der Waals surface area contributed by atoms with Crippen LogP contribution in [-0.4, -0.2) is 66.0 Å². The van der Waals surface area contributed by atoms with Crippen molar-refractivity contribution in [2.45, 2.75) is 59.1 Å². The fourth-order valence-electron chi connectivity index (χ4n) is 3.34. The van der Waals surface area contributed by atoms with Crippen molar-refractivity contribution in [1.29, 1.82) is 0 Å². The Hall–Kier alpha value is -1.58. The minimum atomic E-state index is 0. The first-order chi connectivity index (χ1) is 13.6. The Morgan fingerprint density at radius 1 is 1.24 bits per heavy atom. The maximum atomic E-state index is 12.4. The van der Waals surface area contributed by atoms with Gasteiger partial charge in [0.15, 0.2) is 5.96 Å². The number of aliphatic imine (C=N–C) groups is 1. The molecule has 7 nitrogen and oxygen atoms in total. The van der Waals surface area contributed by atoms with Gasteiger partial charge in [-0.25, -0.2) is 9.98 Å². The van der Waals surface area contributed by atoms with Crippen LogP contribution < -0.4 is 10.1 Å². The number of carbonyl (C=O) groups is 1. The number of ether oxygens (including phenoxy) is 1. The molecule has 29 heavy (non-hydrogen) atoms. The number of likely N-dealkylation sites (N-methyl/N-ethyl adjacent to an activating group) is 2. The average Bonchev–Trinajstić information content (AvgIpc) is 3.20. The Kier molecular flexibility index (Phi) is 11.9. The van der Waals surface area contributed by atoms with Crippen molar-refractivity contribution in [1.82, 2.24) is 20.1 Å². The molecule has 1 aliphatic rings. The quantitative estimate of drug-likeness (QED) is 0.309. The molecule has 0 aliphatic heterocycles. The lowest BCUT2D eigenvalue weighted by atomic mass is 10.3. The lowest BCUT2D eigenvalue weighted by Crippen LogP contribution is -2.45. The molecule has 0 bridgehead atoms. The Morgan fingerprint density at radius 2 is 1.93 bits per heavy atom. The monoisotopic (exact) mass is 517 g/mol. The van der Waals surface area contributed by atoms with Crippen LogP contribution in [0.2, 0.25) is 0 Å². The van der Waals surface area contributed by atoms with E-state index < -0.39 is 0 Å². The molecule has 1 heterocycles. The van der Waals surface area contributed by atoms with Crippen LogP contribution in [0.25, 0.3) is 0 Å². The molecule has 2 rings (SSSR count). The predicted octanol–water partition coefficient (Wildman–Crippen LogP) is 3.29. The van der Waals surface area contributed by atoms with E-state index in [2.05, 4.69) is 15.3 Å². The van der Waals surface area contributed by atoms with Gasteiger partial charge >= 0.3 is 0 Å². The number of amides is 1. The molecule has 8 heteroatoms. The Balaban J connectivity index is 0.00000420. The van der Waals surface area contributed by atoms with E-state index in [0.717, 1.165) is 38.0 Å². The van der Waals surface area contributed by atoms with E-state index in [0.29, 0.717) is 31.0 Å². The molecule has 1 N–H and O–H groups in total. The minimum Gasteiger partial charge on any atom is -0.474 e. The molecule has 0 saturated heterocycles. The lowest BCUT2D eigenvalue weighted by Gasteiger charge is -2.25. The number of rotatable bonds is 9. The van der Waals surface area contributed by atoms with Crippen LogP contribution in [0.1, 0.15) is 52.0 Å². The van der Waals surface area contributed by atoms with Gasteiger partial charge in [-0.3, -0.25) is 4.79 Å². The average molecular weight is 517 g/mol. The van der Waals surface area contributed by atoms with Gasteiger partial charge in [0.25, 0.3) is 0 Å². The van der Waals surface area contributed by atoms with E-state index >= 15 is 0 Å². The summed E-state index contributed by atoms with van der Waals surface area (Å²) in [4.78, 5) is 25.1. The van der Waals surface area contributed by atoms with E-state index in [1.54, 1.807) is 0 Å². The first kappa shape index (κ1) is 25.5. The molecule has 1 aromatic rings. The van der Waals surface area contributed by atoms with Crippen LogP contribution in [-0.2, 0) is 11.3 Å². The van der Waals surface area contributed by atoms with Gasteiger partial charge in [-0.05, 0) is 52.0 Å². The second-order valence-electron chi connectivity index (χ2n) is 7.12. The van der Waals surface area contributed by atoms with E-state index in [-0.39, 0.29) is 29.9 Å². The molecular weight excluding hydrogens is 481 g/mol. The summed E-state index contributed by atoms with van der Waals surface area (Å²) >= 11 is 0. The highest BCUT2D eigenvalue weighted by atomic mass is 127. The van der Waals surface area contributed by atoms with Crippen LogP contribution in [0.3, 0.4) is 0 Å². The first-order valence-electron chi connectivity index (χ1n) is 10.5. The van der Waals surface area contributed by atoms with Crippen LogP contribution in [0.5, 0.6) is 5.88 Å². The summed E-state index contributed by atoms with van der Waals surface area (Å²) in [6.07, 6.45) is 6.87. The van der Waals surface area contributed by atoms with Gasteiger partial charge in [0.05, 0.1) is 13.1 Å². The topological polar surface area (TPSA) is 70.1 Å². The van der Waals surface area contributed by atoms with Gasteiger partial charge in [-0.15, -0.1) is 24.0 Å². The Labute approximate surface area is 192 Å². The van der Waals surface area contributed by atoms with Crippen LogP contribution in [0.15, 0.2) is 23.3 Å². The molecule has 0 unspecified atom stereocenters. The van der Waals surface area contributed by atoms with Gasteiger partial charge in [-0.1, -0.05) is 6.07 Å². The molecule has 1 aliphatic carbocycles. The minimum absolute atomic E-state index is 0. The van der Waals surface area contributed by atoms with E-state index in [9.17, 15) is 4.79 Å². The largest absolute Gasteiger partial charge is 0.474 e. The number of halogens is 1. The summed E-state index contributed by atoms with van der Waals surface area (Å²) in [5.41, 5.74) is 1.01. The molecule has 164 valence electrons. The molecule has 0 spiro atoms. The zero-order valence-electron chi connectivity index (χ0n) is 18.2. The maximum absolute atomic E-state index is 12.4. The molecule has 0 aromatic carbocycles. The summed E-state index contributed by atoms with van der Waals surface area (Å²) < 4.78 is 5.91. The molecule has 1 saturated carbocycles. The molecule has 1 aromatic heterocycles. The van der Waals surface area contributed by atoms with Gasteiger partial charge < -0.3 is 19.9 Å². The third kappa shape index (κ3) is 8.36. The van der Waals surface area contributed by atoms with Crippen LogP contribution in [0.4, 0.5) is 0 Å². The highest BCUT2D eigenvalue weighted by Crippen LogP contribution is 2.22. The van der Waals surface area contributed by atoms with Gasteiger partial charge in [0.2, 0.25) is 11.8 Å². The van der Waals surface area contributed by atoms with Crippen LogP contribution >= 0.6 is 24.0 Å². The van der Waals surface area contributed by atoms with Crippen molar-refractivity contribution in [3.63, 3.8) is 0 Å². The van der Waals surface area contributed by atoms with Crippen molar-refractivity contribution in [2.75, 3.05) is 33.2 Å².